The molecular formula is C13H26N2O. The summed E-state index contributed by atoms with van der Waals surface area (Å²) in [6.07, 6.45) is 6.81. The lowest BCUT2D eigenvalue weighted by Gasteiger charge is -2.32. The average molecular weight is 226 g/mol. The molecule has 0 saturated heterocycles. The van der Waals surface area contributed by atoms with E-state index in [1.807, 2.05) is 6.92 Å². The summed E-state index contributed by atoms with van der Waals surface area (Å²) < 4.78 is 0. The van der Waals surface area contributed by atoms with Crippen LogP contribution in [0.4, 0.5) is 0 Å². The maximum atomic E-state index is 11.9. The van der Waals surface area contributed by atoms with E-state index in [2.05, 4.69) is 12.2 Å². The van der Waals surface area contributed by atoms with Crippen LogP contribution in [0.5, 0.6) is 0 Å². The molecule has 0 heterocycles. The fourth-order valence-corrected chi connectivity index (χ4v) is 2.57. The Hall–Kier alpha value is -0.570. The fourth-order valence-electron chi connectivity index (χ4n) is 2.57. The molecule has 3 heteroatoms. The van der Waals surface area contributed by atoms with Crippen LogP contribution in [-0.4, -0.2) is 18.5 Å². The van der Waals surface area contributed by atoms with Gasteiger partial charge in [-0.1, -0.05) is 33.1 Å². The van der Waals surface area contributed by atoms with Gasteiger partial charge in [0.2, 0.25) is 5.91 Å². The van der Waals surface area contributed by atoms with Gasteiger partial charge in [0.1, 0.15) is 0 Å². The highest BCUT2D eigenvalue weighted by Crippen LogP contribution is 2.24. The van der Waals surface area contributed by atoms with Crippen molar-refractivity contribution in [3.8, 4) is 0 Å². The molecule has 3 atom stereocenters. The first kappa shape index (κ1) is 13.5. The van der Waals surface area contributed by atoms with Crippen molar-refractivity contribution >= 4 is 5.91 Å². The minimum absolute atomic E-state index is 0.144. The average Bonchev–Trinajstić information content (AvgIpc) is 2.30. The van der Waals surface area contributed by atoms with E-state index in [-0.39, 0.29) is 11.8 Å². The molecule has 0 aromatic rings. The number of hydrogen-bond acceptors (Lipinski definition) is 2. The molecule has 0 radical (unpaired) electrons. The normalized spacial score (nSPS) is 27.4. The van der Waals surface area contributed by atoms with E-state index in [0.29, 0.717) is 18.5 Å². The first-order valence-corrected chi connectivity index (χ1v) is 6.69. The van der Waals surface area contributed by atoms with Crippen LogP contribution in [0, 0.1) is 11.8 Å². The zero-order valence-electron chi connectivity index (χ0n) is 10.7. The van der Waals surface area contributed by atoms with Crippen molar-refractivity contribution in [2.45, 2.75) is 58.4 Å². The minimum atomic E-state index is 0.144. The molecular weight excluding hydrogens is 200 g/mol. The molecule has 3 unspecified atom stereocenters. The Labute approximate surface area is 99.2 Å². The molecule has 0 bridgehead atoms. The van der Waals surface area contributed by atoms with Crippen LogP contribution in [-0.2, 0) is 4.79 Å². The van der Waals surface area contributed by atoms with Crippen LogP contribution in [0.15, 0.2) is 0 Å². The maximum absolute atomic E-state index is 11.9. The largest absolute Gasteiger partial charge is 0.353 e. The van der Waals surface area contributed by atoms with Crippen LogP contribution in [0.25, 0.3) is 0 Å². The molecule has 3 N–H and O–H groups in total. The first-order valence-electron chi connectivity index (χ1n) is 6.69. The van der Waals surface area contributed by atoms with Crippen molar-refractivity contribution in [1.82, 2.24) is 5.32 Å². The molecule has 1 saturated carbocycles. The number of rotatable bonds is 5. The summed E-state index contributed by atoms with van der Waals surface area (Å²) in [5.74, 6) is 0.851. The maximum Gasteiger partial charge on any atom is 0.223 e. The summed E-state index contributed by atoms with van der Waals surface area (Å²) in [4.78, 5) is 11.9. The van der Waals surface area contributed by atoms with Gasteiger partial charge in [0.05, 0.1) is 0 Å². The van der Waals surface area contributed by atoms with Gasteiger partial charge in [-0.3, -0.25) is 4.79 Å². The first-order chi connectivity index (χ1) is 7.69. The van der Waals surface area contributed by atoms with Gasteiger partial charge in [-0.2, -0.15) is 0 Å². The number of amides is 1. The predicted octanol–water partition coefficient (Wildman–Crippen LogP) is 2.06. The van der Waals surface area contributed by atoms with Crippen molar-refractivity contribution < 1.29 is 4.79 Å². The second-order valence-corrected chi connectivity index (χ2v) is 5.09. The van der Waals surface area contributed by atoms with E-state index in [4.69, 9.17) is 5.73 Å². The standard InChI is InChI=1S/C13H26N2O/c1-3-6-10(2)13(16)15-12-8-5-4-7-11(12)9-14/h10-12H,3-9,14H2,1-2H3,(H,15,16). The lowest BCUT2D eigenvalue weighted by atomic mass is 9.84. The van der Waals surface area contributed by atoms with Crippen molar-refractivity contribution in [2.75, 3.05) is 6.54 Å². The third-order valence-electron chi connectivity index (χ3n) is 3.71. The number of nitrogens with two attached hydrogens (primary N) is 1. The van der Waals surface area contributed by atoms with Crippen LogP contribution in [0.1, 0.15) is 52.4 Å². The van der Waals surface area contributed by atoms with Gasteiger partial charge in [0.25, 0.3) is 0 Å². The fraction of sp³-hybridized carbons (Fsp3) is 0.923. The van der Waals surface area contributed by atoms with Crippen molar-refractivity contribution in [3.63, 3.8) is 0 Å². The highest BCUT2D eigenvalue weighted by molar-refractivity contribution is 5.78. The van der Waals surface area contributed by atoms with Gasteiger partial charge in [-0.05, 0) is 31.7 Å². The molecule has 1 amide bonds. The van der Waals surface area contributed by atoms with Crippen LogP contribution >= 0.6 is 0 Å². The summed E-state index contributed by atoms with van der Waals surface area (Å²) in [6, 6.07) is 0.325. The lowest BCUT2D eigenvalue weighted by molar-refractivity contribution is -0.126. The van der Waals surface area contributed by atoms with E-state index < -0.39 is 0 Å². The molecule has 1 rings (SSSR count). The smallest absolute Gasteiger partial charge is 0.223 e. The molecule has 94 valence electrons. The topological polar surface area (TPSA) is 55.1 Å². The monoisotopic (exact) mass is 226 g/mol. The van der Waals surface area contributed by atoms with Crippen molar-refractivity contribution in [2.24, 2.45) is 17.6 Å². The zero-order chi connectivity index (χ0) is 12.0. The quantitative estimate of drug-likeness (QED) is 0.754. The Bertz CT molecular complexity index is 218. The van der Waals surface area contributed by atoms with Crippen LogP contribution in [0.2, 0.25) is 0 Å². The molecule has 1 fully saturated rings. The molecule has 1 aliphatic carbocycles. The molecule has 3 nitrogen and oxygen atoms in total. The van der Waals surface area contributed by atoms with Crippen LogP contribution < -0.4 is 11.1 Å². The minimum Gasteiger partial charge on any atom is -0.353 e. The van der Waals surface area contributed by atoms with Gasteiger partial charge in [0, 0.05) is 12.0 Å². The van der Waals surface area contributed by atoms with Crippen molar-refractivity contribution in [3.05, 3.63) is 0 Å². The predicted molar refractivity (Wildman–Crippen MR) is 67.0 cm³/mol. The van der Waals surface area contributed by atoms with Crippen LogP contribution in [0.3, 0.4) is 0 Å². The van der Waals surface area contributed by atoms with Gasteiger partial charge >= 0.3 is 0 Å². The summed E-state index contributed by atoms with van der Waals surface area (Å²) >= 11 is 0. The summed E-state index contributed by atoms with van der Waals surface area (Å²) in [6.45, 7) is 4.83. The van der Waals surface area contributed by atoms with Gasteiger partial charge in [-0.25, -0.2) is 0 Å². The van der Waals surface area contributed by atoms with E-state index in [9.17, 15) is 4.79 Å². The molecule has 16 heavy (non-hydrogen) atoms. The number of carbonyl (C=O) groups excluding carboxylic acids is 1. The van der Waals surface area contributed by atoms with Gasteiger partial charge in [-0.15, -0.1) is 0 Å². The molecule has 1 aliphatic rings. The number of carbonyl (C=O) groups is 1. The Balaban J connectivity index is 2.41. The number of nitrogens with one attached hydrogen (secondary N) is 1. The summed E-state index contributed by atoms with van der Waals surface area (Å²) in [7, 11) is 0. The summed E-state index contributed by atoms with van der Waals surface area (Å²) in [5.41, 5.74) is 5.75. The molecule has 0 aliphatic heterocycles. The van der Waals surface area contributed by atoms with Crippen molar-refractivity contribution in [1.29, 1.82) is 0 Å². The second-order valence-electron chi connectivity index (χ2n) is 5.09. The van der Waals surface area contributed by atoms with E-state index in [1.54, 1.807) is 0 Å². The number of hydrogen-bond donors (Lipinski definition) is 2. The Kier molecular flexibility index (Phi) is 5.81. The van der Waals surface area contributed by atoms with E-state index >= 15 is 0 Å². The Morgan fingerprint density at radius 3 is 2.75 bits per heavy atom. The Morgan fingerprint density at radius 2 is 2.12 bits per heavy atom. The highest BCUT2D eigenvalue weighted by Gasteiger charge is 2.26. The second kappa shape index (κ2) is 6.89. The summed E-state index contributed by atoms with van der Waals surface area (Å²) in [5, 5.41) is 3.19. The van der Waals surface area contributed by atoms with E-state index in [0.717, 1.165) is 19.3 Å². The molecule has 0 spiro atoms. The SMILES string of the molecule is CCCC(C)C(=O)NC1CCCCC1CN. The van der Waals surface area contributed by atoms with E-state index in [1.165, 1.54) is 19.3 Å². The third kappa shape index (κ3) is 3.78. The van der Waals surface area contributed by atoms with Gasteiger partial charge < -0.3 is 11.1 Å². The Morgan fingerprint density at radius 1 is 1.44 bits per heavy atom. The van der Waals surface area contributed by atoms with Gasteiger partial charge in [0.15, 0.2) is 0 Å². The lowest BCUT2D eigenvalue weighted by Crippen LogP contribution is -2.46. The third-order valence-corrected chi connectivity index (χ3v) is 3.71. The molecule has 0 aromatic heterocycles. The highest BCUT2D eigenvalue weighted by atomic mass is 16.1. The molecule has 0 aromatic carbocycles. The zero-order valence-corrected chi connectivity index (χ0v) is 10.7.